The van der Waals surface area contributed by atoms with Crippen LogP contribution in [-0.2, 0) is 10.0 Å². The number of hydrogen-bond donors (Lipinski definition) is 1. The smallest absolute Gasteiger partial charge is 0.322 e. The molecule has 10 heteroatoms. The third-order valence-corrected chi connectivity index (χ3v) is 8.59. The lowest BCUT2D eigenvalue weighted by Gasteiger charge is -2.30. The molecule has 0 radical (unpaired) electrons. The first-order valence-corrected chi connectivity index (χ1v) is 13.4. The summed E-state index contributed by atoms with van der Waals surface area (Å²) in [6.45, 7) is 0. The second-order valence-corrected chi connectivity index (χ2v) is 10.7. The van der Waals surface area contributed by atoms with Crippen LogP contribution in [0.3, 0.4) is 0 Å². The number of thioether (sulfide) groups is 1. The van der Waals surface area contributed by atoms with Gasteiger partial charge in [-0.15, -0.1) is 16.9 Å². The average Bonchev–Trinajstić information content (AvgIpc) is 3.32. The number of nitrogens with zero attached hydrogens (tertiary/aromatic N) is 3. The van der Waals surface area contributed by atoms with Crippen LogP contribution in [0.25, 0.3) is 11.5 Å². The highest BCUT2D eigenvalue weighted by molar-refractivity contribution is 7.98. The van der Waals surface area contributed by atoms with Crippen molar-refractivity contribution in [3.05, 3.63) is 54.1 Å². The van der Waals surface area contributed by atoms with E-state index in [2.05, 4.69) is 15.5 Å². The summed E-state index contributed by atoms with van der Waals surface area (Å²) in [4.78, 5) is 13.8. The molecule has 0 aliphatic heterocycles. The van der Waals surface area contributed by atoms with Crippen molar-refractivity contribution in [1.29, 1.82) is 0 Å². The largest absolute Gasteiger partial charge is 0.403 e. The topological polar surface area (TPSA) is 105 Å². The number of sulfonamides is 1. The first-order valence-electron chi connectivity index (χ1n) is 10.8. The Balaban J connectivity index is 1.45. The summed E-state index contributed by atoms with van der Waals surface area (Å²) < 4.78 is 33.0. The molecule has 1 aliphatic rings. The van der Waals surface area contributed by atoms with Gasteiger partial charge in [0.15, 0.2) is 0 Å². The van der Waals surface area contributed by atoms with Gasteiger partial charge >= 0.3 is 6.01 Å². The van der Waals surface area contributed by atoms with Crippen molar-refractivity contribution >= 4 is 33.7 Å². The van der Waals surface area contributed by atoms with Gasteiger partial charge in [0.25, 0.3) is 11.8 Å². The van der Waals surface area contributed by atoms with E-state index in [4.69, 9.17) is 4.42 Å². The Kier molecular flexibility index (Phi) is 7.16. The normalized spacial score (nSPS) is 15.0. The van der Waals surface area contributed by atoms with Gasteiger partial charge in [-0.1, -0.05) is 36.5 Å². The molecule has 3 aromatic rings. The van der Waals surface area contributed by atoms with Gasteiger partial charge in [0.05, 0.1) is 10.5 Å². The molecule has 0 saturated heterocycles. The fourth-order valence-electron chi connectivity index (χ4n) is 3.96. The molecule has 0 unspecified atom stereocenters. The van der Waals surface area contributed by atoms with Crippen molar-refractivity contribution in [3.63, 3.8) is 0 Å². The molecule has 1 aromatic heterocycles. The summed E-state index contributed by atoms with van der Waals surface area (Å²) in [6.07, 6.45) is 6.95. The van der Waals surface area contributed by atoms with Crippen LogP contribution < -0.4 is 5.32 Å². The Hall–Kier alpha value is -2.69. The van der Waals surface area contributed by atoms with Gasteiger partial charge in [0, 0.05) is 23.5 Å². The van der Waals surface area contributed by atoms with Crippen LogP contribution in [0.2, 0.25) is 0 Å². The average molecular weight is 487 g/mol. The number of amides is 1. The zero-order chi connectivity index (χ0) is 23.4. The Morgan fingerprint density at radius 2 is 1.76 bits per heavy atom. The summed E-state index contributed by atoms with van der Waals surface area (Å²) >= 11 is 1.56. The molecule has 33 heavy (non-hydrogen) atoms. The first kappa shape index (κ1) is 23.5. The van der Waals surface area contributed by atoms with Crippen molar-refractivity contribution in [2.75, 3.05) is 18.6 Å². The van der Waals surface area contributed by atoms with E-state index >= 15 is 0 Å². The molecule has 174 valence electrons. The van der Waals surface area contributed by atoms with Gasteiger partial charge in [0.1, 0.15) is 0 Å². The lowest BCUT2D eigenvalue weighted by Crippen LogP contribution is -2.38. The summed E-state index contributed by atoms with van der Waals surface area (Å²) in [5, 5.41) is 10.5. The third kappa shape index (κ3) is 5.13. The number of carbonyl (C=O) groups excluding carboxylic acids is 1. The molecule has 8 nitrogen and oxygen atoms in total. The molecule has 1 amide bonds. The van der Waals surface area contributed by atoms with E-state index in [1.165, 1.54) is 28.6 Å². The molecule has 0 bridgehead atoms. The van der Waals surface area contributed by atoms with Gasteiger partial charge in [-0.05, 0) is 55.5 Å². The molecule has 1 N–H and O–H groups in total. The van der Waals surface area contributed by atoms with E-state index in [1.807, 2.05) is 30.5 Å². The zero-order valence-electron chi connectivity index (χ0n) is 18.5. The summed E-state index contributed by atoms with van der Waals surface area (Å²) in [7, 11) is -1.98. The quantitative estimate of drug-likeness (QED) is 0.484. The van der Waals surface area contributed by atoms with Crippen molar-refractivity contribution in [1.82, 2.24) is 14.5 Å². The Bertz CT molecular complexity index is 1220. The number of anilines is 1. The van der Waals surface area contributed by atoms with Gasteiger partial charge in [0.2, 0.25) is 10.0 Å². The van der Waals surface area contributed by atoms with Gasteiger partial charge in [-0.3, -0.25) is 10.1 Å². The molecule has 2 aromatic carbocycles. The van der Waals surface area contributed by atoms with Crippen molar-refractivity contribution in [2.45, 2.75) is 47.9 Å². The number of nitrogens with one attached hydrogen (secondary N) is 1. The fourth-order valence-corrected chi connectivity index (χ4v) is 5.96. The van der Waals surface area contributed by atoms with Crippen LogP contribution in [-0.4, -0.2) is 48.2 Å². The molecule has 0 spiro atoms. The van der Waals surface area contributed by atoms with Crippen LogP contribution in [0, 0.1) is 0 Å². The lowest BCUT2D eigenvalue weighted by molar-refractivity contribution is 0.102. The SMILES string of the molecule is CSc1ccccc1-c1nnc(NC(=O)c2ccc(S(=O)(=O)N(C)C3CCCCC3)cc2)o1. The lowest BCUT2D eigenvalue weighted by atomic mass is 9.96. The molecule has 1 aliphatic carbocycles. The van der Waals surface area contributed by atoms with Crippen molar-refractivity contribution in [2.24, 2.45) is 0 Å². The third-order valence-electron chi connectivity index (χ3n) is 5.87. The second-order valence-electron chi connectivity index (χ2n) is 7.90. The summed E-state index contributed by atoms with van der Waals surface area (Å²) in [6, 6.07) is 13.5. The van der Waals surface area contributed by atoms with E-state index < -0.39 is 15.9 Å². The van der Waals surface area contributed by atoms with E-state index in [-0.39, 0.29) is 17.0 Å². The van der Waals surface area contributed by atoms with Gasteiger partial charge < -0.3 is 4.42 Å². The summed E-state index contributed by atoms with van der Waals surface area (Å²) in [5.41, 5.74) is 1.08. The van der Waals surface area contributed by atoms with Gasteiger partial charge in [-0.2, -0.15) is 4.31 Å². The maximum absolute atomic E-state index is 13.0. The fraction of sp³-hybridized carbons (Fsp3) is 0.348. The molecule has 1 saturated carbocycles. The zero-order valence-corrected chi connectivity index (χ0v) is 20.2. The minimum atomic E-state index is -3.62. The Morgan fingerprint density at radius 1 is 1.06 bits per heavy atom. The molecular weight excluding hydrogens is 460 g/mol. The molecular formula is C23H26N4O4S2. The standard InChI is InChI=1S/C23H26N4O4S2/c1-27(17-8-4-3-5-9-17)33(29,30)18-14-12-16(13-15-18)21(28)24-23-26-25-22(31-23)19-10-6-7-11-20(19)32-2/h6-7,10-15,17H,3-5,8-9H2,1-2H3,(H,24,26,28). The van der Waals surface area contributed by atoms with Crippen molar-refractivity contribution < 1.29 is 17.6 Å². The van der Waals surface area contributed by atoms with Crippen LogP contribution in [0.1, 0.15) is 42.5 Å². The van der Waals surface area contributed by atoms with E-state index in [9.17, 15) is 13.2 Å². The number of aromatic nitrogens is 2. The van der Waals surface area contributed by atoms with E-state index in [0.29, 0.717) is 11.5 Å². The number of hydrogen-bond acceptors (Lipinski definition) is 7. The predicted molar refractivity (Wildman–Crippen MR) is 128 cm³/mol. The highest BCUT2D eigenvalue weighted by Crippen LogP contribution is 2.30. The molecule has 1 heterocycles. The summed E-state index contributed by atoms with van der Waals surface area (Å²) in [5.74, 6) is -0.157. The van der Waals surface area contributed by atoms with E-state index in [1.54, 1.807) is 18.8 Å². The van der Waals surface area contributed by atoms with Crippen LogP contribution in [0.5, 0.6) is 0 Å². The maximum atomic E-state index is 13.0. The maximum Gasteiger partial charge on any atom is 0.322 e. The first-order chi connectivity index (χ1) is 15.9. The van der Waals surface area contributed by atoms with Crippen LogP contribution >= 0.6 is 11.8 Å². The Labute approximate surface area is 197 Å². The molecule has 4 rings (SSSR count). The predicted octanol–water partition coefficient (Wildman–Crippen LogP) is 4.66. The van der Waals surface area contributed by atoms with Crippen LogP contribution in [0.15, 0.2) is 62.7 Å². The number of carbonyl (C=O) groups is 1. The Morgan fingerprint density at radius 3 is 2.45 bits per heavy atom. The minimum Gasteiger partial charge on any atom is -0.403 e. The minimum absolute atomic E-state index is 0.0229. The van der Waals surface area contributed by atoms with Crippen LogP contribution in [0.4, 0.5) is 6.01 Å². The molecule has 1 fully saturated rings. The highest BCUT2D eigenvalue weighted by Gasteiger charge is 2.29. The number of benzene rings is 2. The number of rotatable bonds is 7. The van der Waals surface area contributed by atoms with Crippen molar-refractivity contribution in [3.8, 4) is 11.5 Å². The second kappa shape index (κ2) is 10.1. The van der Waals surface area contributed by atoms with E-state index in [0.717, 1.165) is 42.6 Å². The highest BCUT2D eigenvalue weighted by atomic mass is 32.2. The monoisotopic (exact) mass is 486 g/mol. The van der Waals surface area contributed by atoms with Gasteiger partial charge in [-0.25, -0.2) is 8.42 Å². The molecule has 0 atom stereocenters.